The molecule has 1 heterocycles. The van der Waals surface area contributed by atoms with E-state index < -0.39 is 0 Å². The van der Waals surface area contributed by atoms with E-state index in [0.717, 1.165) is 11.7 Å². The van der Waals surface area contributed by atoms with E-state index in [1.54, 1.807) is 0 Å². The lowest BCUT2D eigenvalue weighted by Gasteiger charge is -2.35. The van der Waals surface area contributed by atoms with Gasteiger partial charge in [0.1, 0.15) is 0 Å². The largest absolute Gasteiger partial charge is 0.360 e. The molecule has 3 heteroatoms. The van der Waals surface area contributed by atoms with Gasteiger partial charge in [-0.3, -0.25) is 4.99 Å². The third-order valence-corrected chi connectivity index (χ3v) is 3.30. The summed E-state index contributed by atoms with van der Waals surface area (Å²) in [5.74, 6) is 1.20. The van der Waals surface area contributed by atoms with E-state index in [9.17, 15) is 0 Å². The smallest absolute Gasteiger partial charge is 0.156 e. The van der Waals surface area contributed by atoms with Crippen LogP contribution in [0.15, 0.2) is 4.99 Å². The van der Waals surface area contributed by atoms with Crippen LogP contribution in [0.4, 0.5) is 0 Å². The Hall–Kier alpha value is -0.180. The van der Waals surface area contributed by atoms with Gasteiger partial charge in [-0.25, -0.2) is 0 Å². The summed E-state index contributed by atoms with van der Waals surface area (Å²) in [6.07, 6.45) is 2.42. The van der Waals surface area contributed by atoms with Gasteiger partial charge in [0, 0.05) is 17.8 Å². The van der Waals surface area contributed by atoms with Gasteiger partial charge in [-0.05, 0) is 26.7 Å². The molecule has 1 fully saturated rings. The first-order valence-corrected chi connectivity index (χ1v) is 5.64. The van der Waals surface area contributed by atoms with Crippen LogP contribution in [0, 0.1) is 0 Å². The van der Waals surface area contributed by atoms with Crippen molar-refractivity contribution in [2.45, 2.75) is 39.2 Å². The molecule has 1 atom stereocenters. The van der Waals surface area contributed by atoms with E-state index in [4.69, 9.17) is 0 Å². The molecule has 0 bridgehead atoms. The van der Waals surface area contributed by atoms with Gasteiger partial charge in [-0.15, -0.1) is 0 Å². The van der Waals surface area contributed by atoms with E-state index in [1.165, 1.54) is 18.6 Å². The summed E-state index contributed by atoms with van der Waals surface area (Å²) in [6, 6.07) is 0. The second-order valence-corrected chi connectivity index (χ2v) is 4.50. The number of thioether (sulfide) groups is 1. The van der Waals surface area contributed by atoms with Crippen LogP contribution in [0.2, 0.25) is 0 Å². The quantitative estimate of drug-likeness (QED) is 0.715. The monoisotopic (exact) mass is 186 g/mol. The van der Waals surface area contributed by atoms with Crippen molar-refractivity contribution in [3.8, 4) is 0 Å². The van der Waals surface area contributed by atoms with Gasteiger partial charge in [-0.2, -0.15) is 0 Å². The highest BCUT2D eigenvalue weighted by Crippen LogP contribution is 2.24. The first-order chi connectivity index (χ1) is 5.70. The molecule has 0 spiro atoms. The Morgan fingerprint density at radius 2 is 2.33 bits per heavy atom. The van der Waals surface area contributed by atoms with E-state index in [-0.39, 0.29) is 0 Å². The second-order valence-electron chi connectivity index (χ2n) is 3.42. The lowest BCUT2D eigenvalue weighted by Crippen LogP contribution is -2.48. The molecule has 0 radical (unpaired) electrons. The van der Waals surface area contributed by atoms with Crippen molar-refractivity contribution in [1.29, 1.82) is 0 Å². The predicted octanol–water partition coefficient (Wildman–Crippen LogP) is 2.26. The lowest BCUT2D eigenvalue weighted by atomic mass is 9.96. The Morgan fingerprint density at radius 1 is 1.58 bits per heavy atom. The van der Waals surface area contributed by atoms with Crippen LogP contribution in [0.25, 0.3) is 0 Å². The minimum absolute atomic E-state index is 0.291. The number of hydrogen-bond acceptors (Lipinski definition) is 2. The fraction of sp³-hybridized carbons (Fsp3) is 0.889. The topological polar surface area (TPSA) is 24.4 Å². The Kier molecular flexibility index (Phi) is 3.44. The highest BCUT2D eigenvalue weighted by atomic mass is 32.2. The van der Waals surface area contributed by atoms with Crippen LogP contribution in [0.3, 0.4) is 0 Å². The number of amidine groups is 1. The summed E-state index contributed by atoms with van der Waals surface area (Å²) >= 11 is 1.84. The summed E-state index contributed by atoms with van der Waals surface area (Å²) in [6.45, 7) is 7.46. The zero-order valence-electron chi connectivity index (χ0n) is 8.18. The van der Waals surface area contributed by atoms with Crippen LogP contribution in [0.1, 0.15) is 33.6 Å². The van der Waals surface area contributed by atoms with Crippen molar-refractivity contribution in [3.05, 3.63) is 0 Å². The molecule has 1 N–H and O–H groups in total. The Morgan fingerprint density at radius 3 is 2.92 bits per heavy atom. The van der Waals surface area contributed by atoms with Crippen LogP contribution in [-0.4, -0.2) is 23.0 Å². The molecular formula is C9H18N2S. The first kappa shape index (κ1) is 9.90. The van der Waals surface area contributed by atoms with E-state index >= 15 is 0 Å². The Labute approximate surface area is 79.2 Å². The minimum atomic E-state index is 0.291. The average molecular weight is 186 g/mol. The highest BCUT2D eigenvalue weighted by molar-refractivity contribution is 8.13. The normalized spacial score (nSPS) is 33.4. The molecule has 1 rings (SSSR count). The zero-order valence-corrected chi connectivity index (χ0v) is 9.00. The van der Waals surface area contributed by atoms with Crippen molar-refractivity contribution >= 4 is 16.9 Å². The molecular weight excluding hydrogens is 168 g/mol. The summed E-state index contributed by atoms with van der Waals surface area (Å²) in [5.41, 5.74) is 0.291. The summed E-state index contributed by atoms with van der Waals surface area (Å²) in [5, 5.41) is 4.63. The minimum Gasteiger partial charge on any atom is -0.360 e. The van der Waals surface area contributed by atoms with Crippen LogP contribution in [-0.2, 0) is 0 Å². The fourth-order valence-electron chi connectivity index (χ4n) is 1.22. The molecule has 1 aliphatic rings. The summed E-state index contributed by atoms with van der Waals surface area (Å²) < 4.78 is 0. The van der Waals surface area contributed by atoms with Crippen LogP contribution < -0.4 is 5.32 Å². The molecule has 1 unspecified atom stereocenters. The maximum absolute atomic E-state index is 4.40. The number of hydrogen-bond donors (Lipinski definition) is 1. The third kappa shape index (κ3) is 2.41. The number of aliphatic imine (C=N–C) groups is 1. The maximum atomic E-state index is 4.40. The van der Waals surface area contributed by atoms with E-state index in [1.807, 2.05) is 11.8 Å². The summed E-state index contributed by atoms with van der Waals surface area (Å²) in [7, 11) is 0. The van der Waals surface area contributed by atoms with Gasteiger partial charge >= 0.3 is 0 Å². The van der Waals surface area contributed by atoms with Gasteiger partial charge in [0.15, 0.2) is 5.17 Å². The molecule has 0 aromatic heterocycles. The molecule has 0 amide bonds. The number of rotatable bonds is 2. The van der Waals surface area contributed by atoms with Crippen molar-refractivity contribution in [3.63, 3.8) is 0 Å². The van der Waals surface area contributed by atoms with Gasteiger partial charge in [0.05, 0.1) is 0 Å². The molecule has 1 saturated heterocycles. The maximum Gasteiger partial charge on any atom is 0.156 e. The third-order valence-electron chi connectivity index (χ3n) is 2.38. The summed E-state index contributed by atoms with van der Waals surface area (Å²) in [4.78, 5) is 4.40. The van der Waals surface area contributed by atoms with Crippen molar-refractivity contribution < 1.29 is 0 Å². The predicted molar refractivity (Wildman–Crippen MR) is 56.9 cm³/mol. The average Bonchev–Trinajstić information content (AvgIpc) is 2.05. The molecule has 70 valence electrons. The molecule has 0 aliphatic carbocycles. The van der Waals surface area contributed by atoms with Crippen LogP contribution >= 0.6 is 11.8 Å². The standard InChI is InChI=1S/C9H18N2S/c1-4-9(3)6-7-12-8(11-9)10-5-2/h4-7H2,1-3H3,(H,10,11). The second kappa shape index (κ2) is 4.17. The van der Waals surface area contributed by atoms with Gasteiger partial charge in [0.2, 0.25) is 0 Å². The highest BCUT2D eigenvalue weighted by Gasteiger charge is 2.27. The van der Waals surface area contributed by atoms with E-state index in [2.05, 4.69) is 31.1 Å². The van der Waals surface area contributed by atoms with E-state index in [0.29, 0.717) is 5.54 Å². The Bertz CT molecular complexity index is 179. The number of nitrogens with one attached hydrogen (secondary N) is 1. The van der Waals surface area contributed by atoms with Gasteiger partial charge in [0.25, 0.3) is 0 Å². The zero-order chi connectivity index (χ0) is 9.03. The lowest BCUT2D eigenvalue weighted by molar-refractivity contribution is 0.390. The van der Waals surface area contributed by atoms with Crippen molar-refractivity contribution in [2.24, 2.45) is 4.99 Å². The van der Waals surface area contributed by atoms with Gasteiger partial charge < -0.3 is 5.32 Å². The Balaban J connectivity index is 2.57. The van der Waals surface area contributed by atoms with Crippen molar-refractivity contribution in [2.75, 3.05) is 12.3 Å². The fourth-order valence-corrected chi connectivity index (χ4v) is 2.51. The van der Waals surface area contributed by atoms with Crippen molar-refractivity contribution in [1.82, 2.24) is 5.32 Å². The molecule has 0 aromatic carbocycles. The molecule has 12 heavy (non-hydrogen) atoms. The van der Waals surface area contributed by atoms with Gasteiger partial charge in [-0.1, -0.05) is 18.7 Å². The molecule has 0 saturated carbocycles. The van der Waals surface area contributed by atoms with Crippen LogP contribution in [0.5, 0.6) is 0 Å². The molecule has 2 nitrogen and oxygen atoms in total. The first-order valence-electron chi connectivity index (χ1n) is 4.65. The molecule has 0 aromatic rings. The number of nitrogens with zero attached hydrogens (tertiary/aromatic N) is 1. The SMILES string of the molecule is CCN=C1NC(C)(CC)CCS1. The molecule has 1 aliphatic heterocycles.